The molecule has 0 spiro atoms. The third-order valence-electron chi connectivity index (χ3n) is 0. The van der Waals surface area contributed by atoms with Crippen molar-refractivity contribution < 1.29 is 64.3 Å². The van der Waals surface area contributed by atoms with Crippen molar-refractivity contribution in [3.8, 4) is 0 Å². The molecular weight excluding hydrogens is 143 g/mol. The Balaban J connectivity index is -0.0000000575. The van der Waals surface area contributed by atoms with E-state index >= 15 is 0 Å². The van der Waals surface area contributed by atoms with Gasteiger partial charge < -0.3 is 6.42 Å². The van der Waals surface area contributed by atoms with Crippen molar-refractivity contribution in [3.05, 3.63) is 6.42 Å². The van der Waals surface area contributed by atoms with Crippen molar-refractivity contribution in [2.75, 3.05) is 0 Å². The first-order valence-electron chi connectivity index (χ1n) is 1.81. The molecule has 0 unspecified atom stereocenters. The van der Waals surface area contributed by atoms with Crippen LogP contribution in [0.25, 0.3) is 0 Å². The zero-order chi connectivity index (χ0) is 6.28. The zero-order valence-corrected chi connectivity index (χ0v) is 8.41. The quantitative estimate of drug-likeness (QED) is 0.310. The van der Waals surface area contributed by atoms with Crippen LogP contribution < -0.4 is 51.4 Å². The molecule has 0 radical (unpaired) electrons. The van der Waals surface area contributed by atoms with Crippen molar-refractivity contribution in [2.45, 2.75) is 13.8 Å². The molecule has 0 aliphatic rings. The maximum atomic E-state index is 9.67. The van der Waals surface area contributed by atoms with Crippen molar-refractivity contribution >= 4 is 7.54 Å². The van der Waals surface area contributed by atoms with Crippen molar-refractivity contribution in [1.82, 2.24) is 0 Å². The monoisotopic (exact) mass is 150 g/mol. The molecule has 0 bridgehead atoms. The fraction of sp³-hybridized carbons (Fsp3) is 0.667. The summed E-state index contributed by atoms with van der Waals surface area (Å²) < 4.78 is 29.0. The maximum absolute atomic E-state index is 9.67. The molecule has 5 heteroatoms. The first-order valence-corrected chi connectivity index (χ1v) is 1.81. The van der Waals surface area contributed by atoms with Gasteiger partial charge in [0, 0.05) is 0 Å². The molecule has 44 valence electrons. The van der Waals surface area contributed by atoms with E-state index in [1.807, 2.05) is 20.3 Å². The van der Waals surface area contributed by atoms with Crippen molar-refractivity contribution in [1.29, 1.82) is 0 Å². The first-order chi connectivity index (χ1) is 3.15. The summed E-state index contributed by atoms with van der Waals surface area (Å²) in [6.07, 6.45) is 2.00. The Morgan fingerprint density at radius 1 is 1.12 bits per heavy atom. The minimum absolute atomic E-state index is 0. The predicted molar refractivity (Wildman–Crippen MR) is 24.7 cm³/mol. The van der Waals surface area contributed by atoms with E-state index < -0.39 is 7.54 Å². The molecule has 0 rings (SSSR count). The molecule has 0 saturated carbocycles. The fourth-order valence-electron chi connectivity index (χ4n) is 0. The largest absolute Gasteiger partial charge is 1.00 e. The Hall–Kier alpha value is 1.49. The van der Waals surface area contributed by atoms with E-state index in [1.165, 1.54) is 0 Å². The SMILES string of the molecule is C[CH-]C.FB(F)F.[K+]. The van der Waals surface area contributed by atoms with Gasteiger partial charge in [0.1, 0.15) is 0 Å². The van der Waals surface area contributed by atoms with Gasteiger partial charge in [0.15, 0.2) is 0 Å². The number of hydrogen-bond acceptors (Lipinski definition) is 0. The van der Waals surface area contributed by atoms with Crippen molar-refractivity contribution in [2.24, 2.45) is 0 Å². The van der Waals surface area contributed by atoms with E-state index in [-0.39, 0.29) is 51.4 Å². The molecule has 0 amide bonds. The molecule has 0 aliphatic carbocycles. The summed E-state index contributed by atoms with van der Waals surface area (Å²) in [5.74, 6) is 0. The van der Waals surface area contributed by atoms with Gasteiger partial charge in [-0.15, -0.1) is 0 Å². The molecule has 0 heterocycles. The molecule has 0 N–H and O–H groups in total. The number of hydrogen-bond donors (Lipinski definition) is 0. The Morgan fingerprint density at radius 2 is 1.12 bits per heavy atom. The summed E-state index contributed by atoms with van der Waals surface area (Å²) in [7, 11) is -3.67. The first kappa shape index (κ1) is 16.2. The van der Waals surface area contributed by atoms with Crippen LogP contribution in [0.2, 0.25) is 0 Å². The van der Waals surface area contributed by atoms with E-state index in [0.717, 1.165) is 0 Å². The van der Waals surface area contributed by atoms with Crippen LogP contribution in [0.1, 0.15) is 13.8 Å². The van der Waals surface area contributed by atoms with Crippen LogP contribution in [0.4, 0.5) is 12.9 Å². The van der Waals surface area contributed by atoms with Crippen LogP contribution in [0.5, 0.6) is 0 Å². The van der Waals surface area contributed by atoms with Gasteiger partial charge in [-0.05, 0) is 0 Å². The van der Waals surface area contributed by atoms with Crippen LogP contribution >= 0.6 is 0 Å². The Labute approximate surface area is 90.9 Å². The van der Waals surface area contributed by atoms with Crippen LogP contribution in [0.15, 0.2) is 0 Å². The molecule has 0 aliphatic heterocycles. The van der Waals surface area contributed by atoms with E-state index in [9.17, 15) is 12.9 Å². The van der Waals surface area contributed by atoms with E-state index in [4.69, 9.17) is 0 Å². The Morgan fingerprint density at radius 3 is 1.12 bits per heavy atom. The van der Waals surface area contributed by atoms with Crippen molar-refractivity contribution in [3.63, 3.8) is 0 Å². The van der Waals surface area contributed by atoms with Gasteiger partial charge in [-0.3, -0.25) is 12.9 Å². The second-order valence-corrected chi connectivity index (χ2v) is 0.825. The molecule has 0 aromatic carbocycles. The van der Waals surface area contributed by atoms with E-state index in [1.54, 1.807) is 0 Å². The summed E-state index contributed by atoms with van der Waals surface area (Å²) in [4.78, 5) is 0. The smallest absolute Gasteiger partial charge is 0.335 e. The Kier molecular flexibility index (Phi) is 32.1. The summed E-state index contributed by atoms with van der Waals surface area (Å²) >= 11 is 0. The standard InChI is InChI=1S/C3H7.BF3.K/c1-3-2;2-1(3)4;/h3H,1-2H3;;/q-1;;+1. The van der Waals surface area contributed by atoms with Gasteiger partial charge in [0.25, 0.3) is 0 Å². The minimum Gasteiger partial charge on any atom is -0.335 e. The minimum atomic E-state index is -3.67. The molecule has 8 heavy (non-hydrogen) atoms. The topological polar surface area (TPSA) is 0 Å². The fourth-order valence-corrected chi connectivity index (χ4v) is 0. The molecule has 0 aromatic rings. The second-order valence-electron chi connectivity index (χ2n) is 0.825. The summed E-state index contributed by atoms with van der Waals surface area (Å²) in [5.41, 5.74) is 0. The molecule has 0 nitrogen and oxygen atoms in total. The van der Waals surface area contributed by atoms with Crippen LogP contribution in [0, 0.1) is 6.42 Å². The van der Waals surface area contributed by atoms with E-state index in [2.05, 4.69) is 0 Å². The molecule has 0 saturated heterocycles. The summed E-state index contributed by atoms with van der Waals surface area (Å²) in [5, 5.41) is 0. The van der Waals surface area contributed by atoms with Crippen LogP contribution in [-0.4, -0.2) is 7.54 Å². The maximum Gasteiger partial charge on any atom is 1.00 e. The predicted octanol–water partition coefficient (Wildman–Crippen LogP) is -0.886. The number of halogens is 3. The Bertz CT molecular complexity index is 25.7. The summed E-state index contributed by atoms with van der Waals surface area (Å²) in [6, 6.07) is 0. The van der Waals surface area contributed by atoms with Crippen LogP contribution in [-0.2, 0) is 0 Å². The van der Waals surface area contributed by atoms with Crippen LogP contribution in [0.3, 0.4) is 0 Å². The van der Waals surface area contributed by atoms with Gasteiger partial charge in [-0.1, -0.05) is 0 Å². The summed E-state index contributed by atoms with van der Waals surface area (Å²) in [6.45, 7) is 4.00. The van der Waals surface area contributed by atoms with Gasteiger partial charge in [0.2, 0.25) is 0 Å². The molecule has 0 fully saturated rings. The second kappa shape index (κ2) is 15.8. The average molecular weight is 150 g/mol. The third-order valence-corrected chi connectivity index (χ3v) is 0. The van der Waals surface area contributed by atoms with Gasteiger partial charge in [-0.25, -0.2) is 0 Å². The van der Waals surface area contributed by atoms with Gasteiger partial charge >= 0.3 is 58.9 Å². The normalized spacial score (nSPS) is 5.62. The zero-order valence-electron chi connectivity index (χ0n) is 5.29. The molecule has 0 atom stereocenters. The van der Waals surface area contributed by atoms with Gasteiger partial charge in [0.05, 0.1) is 0 Å². The average Bonchev–Trinajstić information content (AvgIpc) is 1.33. The van der Waals surface area contributed by atoms with Gasteiger partial charge in [-0.2, -0.15) is 13.8 Å². The molecular formula is C3H7BF3K. The third kappa shape index (κ3) is 142. The molecule has 0 aromatic heterocycles. The van der Waals surface area contributed by atoms with E-state index in [0.29, 0.717) is 0 Å². The number of rotatable bonds is 0.